The molecule has 0 aliphatic rings. The lowest BCUT2D eigenvalue weighted by atomic mass is 10.2. The Morgan fingerprint density at radius 3 is 2.10 bits per heavy atom. The summed E-state index contributed by atoms with van der Waals surface area (Å²) in [6.07, 6.45) is -4.74. The van der Waals surface area contributed by atoms with Gasteiger partial charge in [-0.25, -0.2) is 0 Å². The predicted octanol–water partition coefficient (Wildman–Crippen LogP) is 4.13. The number of anilines is 1. The van der Waals surface area contributed by atoms with Crippen LogP contribution < -0.4 is 10.1 Å². The molecule has 0 spiro atoms. The molecule has 7 heteroatoms. The van der Waals surface area contributed by atoms with Crippen molar-refractivity contribution in [3.8, 4) is 5.75 Å². The Hall–Kier alpha value is -2.15. The van der Waals surface area contributed by atoms with Gasteiger partial charge in [0, 0.05) is 16.1 Å². The number of benzene rings is 2. The molecule has 2 rings (SSSR count). The van der Waals surface area contributed by atoms with Gasteiger partial charge in [-0.3, -0.25) is 4.79 Å². The number of nitrogens with one attached hydrogen (secondary N) is 1. The zero-order chi connectivity index (χ0) is 15.5. The highest BCUT2D eigenvalue weighted by Crippen LogP contribution is 2.24. The number of carbonyl (C=O) groups excluding carboxylic acids is 1. The lowest BCUT2D eigenvalue weighted by molar-refractivity contribution is -0.274. The fourth-order valence-corrected chi connectivity index (χ4v) is 1.71. The van der Waals surface area contributed by atoms with Crippen molar-refractivity contribution >= 4 is 24.2 Å². The quantitative estimate of drug-likeness (QED) is 0.836. The number of hydrogen-bond donors (Lipinski definition) is 2. The molecule has 2 aromatic carbocycles. The van der Waals surface area contributed by atoms with Gasteiger partial charge >= 0.3 is 6.36 Å². The molecule has 0 saturated heterocycles. The van der Waals surface area contributed by atoms with Gasteiger partial charge in [-0.1, -0.05) is 0 Å². The number of rotatable bonds is 3. The smallest absolute Gasteiger partial charge is 0.406 e. The number of thiol groups is 1. The SMILES string of the molecule is O=C(Nc1ccc(OC(F)(F)F)cc1)c1ccc(S)cc1. The second-order valence-electron chi connectivity index (χ2n) is 4.07. The van der Waals surface area contributed by atoms with Gasteiger partial charge in [0.2, 0.25) is 0 Å². The topological polar surface area (TPSA) is 38.3 Å². The molecule has 2 aromatic rings. The first-order valence-electron chi connectivity index (χ1n) is 5.80. The Balaban J connectivity index is 2.03. The molecule has 0 bridgehead atoms. The molecule has 0 atom stereocenters. The van der Waals surface area contributed by atoms with Crippen LogP contribution in [0.5, 0.6) is 5.75 Å². The minimum absolute atomic E-state index is 0.347. The summed E-state index contributed by atoms with van der Waals surface area (Å²) in [5, 5.41) is 2.57. The maximum Gasteiger partial charge on any atom is 0.573 e. The van der Waals surface area contributed by atoms with E-state index in [4.69, 9.17) is 0 Å². The fourth-order valence-electron chi connectivity index (χ4n) is 1.56. The third kappa shape index (κ3) is 4.71. The molecular weight excluding hydrogens is 303 g/mol. The molecule has 0 unspecified atom stereocenters. The molecule has 1 amide bonds. The highest BCUT2D eigenvalue weighted by atomic mass is 32.1. The largest absolute Gasteiger partial charge is 0.573 e. The highest BCUT2D eigenvalue weighted by Gasteiger charge is 2.30. The fraction of sp³-hybridized carbons (Fsp3) is 0.0714. The van der Waals surface area contributed by atoms with E-state index < -0.39 is 6.36 Å². The van der Waals surface area contributed by atoms with Gasteiger partial charge in [-0.05, 0) is 48.5 Å². The molecule has 0 heterocycles. The van der Waals surface area contributed by atoms with Crippen LogP contribution in [0.1, 0.15) is 10.4 Å². The molecule has 0 aliphatic heterocycles. The van der Waals surface area contributed by atoms with Crippen LogP contribution in [0.2, 0.25) is 0 Å². The molecule has 3 nitrogen and oxygen atoms in total. The van der Waals surface area contributed by atoms with Crippen molar-refractivity contribution in [3.05, 3.63) is 54.1 Å². The number of carbonyl (C=O) groups is 1. The number of halogens is 3. The van der Waals surface area contributed by atoms with Gasteiger partial charge < -0.3 is 10.1 Å². The van der Waals surface area contributed by atoms with Crippen LogP contribution >= 0.6 is 12.6 Å². The maximum absolute atomic E-state index is 12.0. The van der Waals surface area contributed by atoms with Crippen LogP contribution in [-0.4, -0.2) is 12.3 Å². The summed E-state index contributed by atoms with van der Waals surface area (Å²) in [5.41, 5.74) is 0.785. The number of ether oxygens (including phenoxy) is 1. The Labute approximate surface area is 124 Å². The van der Waals surface area contributed by atoms with Gasteiger partial charge in [0.05, 0.1) is 0 Å². The molecule has 110 valence electrons. The van der Waals surface area contributed by atoms with Gasteiger partial charge in [0.1, 0.15) is 5.75 Å². The van der Waals surface area contributed by atoms with Crippen LogP contribution in [0.4, 0.5) is 18.9 Å². The second kappa shape index (κ2) is 6.09. The van der Waals surface area contributed by atoms with Crippen molar-refractivity contribution < 1.29 is 22.7 Å². The van der Waals surface area contributed by atoms with Crippen LogP contribution in [0.25, 0.3) is 0 Å². The summed E-state index contributed by atoms with van der Waals surface area (Å²) in [7, 11) is 0. The molecule has 0 fully saturated rings. The lowest BCUT2D eigenvalue weighted by Gasteiger charge is -2.10. The van der Waals surface area contributed by atoms with E-state index in [-0.39, 0.29) is 11.7 Å². The predicted molar refractivity (Wildman–Crippen MR) is 74.8 cm³/mol. The molecule has 1 N–H and O–H groups in total. The summed E-state index contributed by atoms with van der Waals surface area (Å²) in [5.74, 6) is -0.715. The van der Waals surface area contributed by atoms with Crippen molar-refractivity contribution in [2.45, 2.75) is 11.3 Å². The first kappa shape index (κ1) is 15.2. The van der Waals surface area contributed by atoms with E-state index in [1.807, 2.05) is 0 Å². The van der Waals surface area contributed by atoms with E-state index in [2.05, 4.69) is 22.7 Å². The minimum Gasteiger partial charge on any atom is -0.406 e. The van der Waals surface area contributed by atoms with Gasteiger partial charge in [0.25, 0.3) is 5.91 Å². The monoisotopic (exact) mass is 313 g/mol. The second-order valence-corrected chi connectivity index (χ2v) is 4.59. The van der Waals surface area contributed by atoms with Crippen molar-refractivity contribution in [1.82, 2.24) is 0 Å². The van der Waals surface area contributed by atoms with E-state index in [1.54, 1.807) is 24.3 Å². The number of alkyl halides is 3. The lowest BCUT2D eigenvalue weighted by Crippen LogP contribution is -2.17. The summed E-state index contributed by atoms with van der Waals surface area (Å²) >= 11 is 4.11. The summed E-state index contributed by atoms with van der Waals surface area (Å²) in [6.45, 7) is 0. The highest BCUT2D eigenvalue weighted by molar-refractivity contribution is 7.80. The molecule has 0 aromatic heterocycles. The van der Waals surface area contributed by atoms with Crippen LogP contribution in [-0.2, 0) is 0 Å². The van der Waals surface area contributed by atoms with Crippen LogP contribution in [0.3, 0.4) is 0 Å². The van der Waals surface area contributed by atoms with Crippen molar-refractivity contribution in [2.75, 3.05) is 5.32 Å². The molecular formula is C14H10F3NO2S. The Morgan fingerprint density at radius 1 is 1.00 bits per heavy atom. The van der Waals surface area contributed by atoms with Crippen molar-refractivity contribution in [2.24, 2.45) is 0 Å². The zero-order valence-electron chi connectivity index (χ0n) is 10.5. The van der Waals surface area contributed by atoms with Crippen molar-refractivity contribution in [3.63, 3.8) is 0 Å². The van der Waals surface area contributed by atoms with Gasteiger partial charge in [-0.15, -0.1) is 25.8 Å². The van der Waals surface area contributed by atoms with E-state index in [1.165, 1.54) is 12.1 Å². The number of amides is 1. The summed E-state index contributed by atoms with van der Waals surface area (Å²) < 4.78 is 39.8. The molecule has 0 aliphatic carbocycles. The van der Waals surface area contributed by atoms with Gasteiger partial charge in [-0.2, -0.15) is 0 Å². The molecule has 0 radical (unpaired) electrons. The minimum atomic E-state index is -4.74. The van der Waals surface area contributed by atoms with Crippen molar-refractivity contribution in [1.29, 1.82) is 0 Å². The molecule has 0 saturated carbocycles. The normalized spacial score (nSPS) is 11.0. The van der Waals surface area contributed by atoms with E-state index in [0.717, 1.165) is 17.0 Å². The standard InChI is InChI=1S/C14H10F3NO2S/c15-14(16,17)20-11-5-3-10(4-6-11)18-13(19)9-1-7-12(21)8-2-9/h1-8,21H,(H,18,19). The average Bonchev–Trinajstić information content (AvgIpc) is 2.40. The average molecular weight is 313 g/mol. The Morgan fingerprint density at radius 2 is 1.57 bits per heavy atom. The Kier molecular flexibility index (Phi) is 4.42. The molecule has 21 heavy (non-hydrogen) atoms. The number of hydrogen-bond acceptors (Lipinski definition) is 3. The van der Waals surface area contributed by atoms with E-state index in [9.17, 15) is 18.0 Å². The first-order valence-corrected chi connectivity index (χ1v) is 6.24. The third-order valence-corrected chi connectivity index (χ3v) is 2.77. The van der Waals surface area contributed by atoms with E-state index in [0.29, 0.717) is 11.3 Å². The summed E-state index contributed by atoms with van der Waals surface area (Å²) in [4.78, 5) is 12.6. The summed E-state index contributed by atoms with van der Waals surface area (Å²) in [6, 6.07) is 11.4. The first-order chi connectivity index (χ1) is 9.83. The van der Waals surface area contributed by atoms with E-state index >= 15 is 0 Å². The van der Waals surface area contributed by atoms with Crippen LogP contribution in [0.15, 0.2) is 53.4 Å². The van der Waals surface area contributed by atoms with Crippen LogP contribution in [0, 0.1) is 0 Å². The Bertz CT molecular complexity index is 624. The maximum atomic E-state index is 12.0. The third-order valence-electron chi connectivity index (χ3n) is 2.48. The van der Waals surface area contributed by atoms with Gasteiger partial charge in [0.15, 0.2) is 0 Å². The zero-order valence-corrected chi connectivity index (χ0v) is 11.4.